The average molecular weight is 303 g/mol. The molecule has 116 valence electrons. The van der Waals surface area contributed by atoms with E-state index in [0.717, 1.165) is 11.3 Å². The molecule has 3 N–H and O–H groups in total. The average Bonchev–Trinajstić information content (AvgIpc) is 2.92. The van der Waals surface area contributed by atoms with Crippen LogP contribution in [-0.4, -0.2) is 27.6 Å². The van der Waals surface area contributed by atoms with Gasteiger partial charge in [-0.05, 0) is 30.4 Å². The molecule has 1 aromatic carbocycles. The van der Waals surface area contributed by atoms with Crippen LogP contribution < -0.4 is 10.5 Å². The number of benzene rings is 1. The van der Waals surface area contributed by atoms with E-state index >= 15 is 0 Å². The Labute approximate surface area is 127 Å². The number of nitrogens with zero attached hydrogens (tertiary/aromatic N) is 2. The summed E-state index contributed by atoms with van der Waals surface area (Å²) in [6.45, 7) is 0.751. The van der Waals surface area contributed by atoms with Gasteiger partial charge < -0.3 is 15.6 Å². The maximum atomic E-state index is 13.2. The van der Waals surface area contributed by atoms with E-state index in [1.54, 1.807) is 16.9 Å². The highest BCUT2D eigenvalue weighted by atomic mass is 19.1. The highest BCUT2D eigenvalue weighted by Gasteiger charge is 2.19. The maximum absolute atomic E-state index is 13.2. The molecule has 0 fully saturated rings. The Kier molecular flexibility index (Phi) is 4.22. The van der Waals surface area contributed by atoms with Gasteiger partial charge in [0.05, 0.1) is 25.0 Å². The van der Waals surface area contributed by atoms with Crippen LogP contribution in [0.4, 0.5) is 4.39 Å². The SMILES string of the molecule is NCc1cc(F)ccc1OC1C=Cc2c(cnn2CCO)C1. The van der Waals surface area contributed by atoms with Crippen LogP contribution in [0, 0.1) is 5.82 Å². The Hall–Kier alpha value is -2.18. The first-order chi connectivity index (χ1) is 10.7. The molecule has 0 bridgehead atoms. The van der Waals surface area contributed by atoms with Gasteiger partial charge in [0.15, 0.2) is 0 Å². The summed E-state index contributed by atoms with van der Waals surface area (Å²) in [6, 6.07) is 4.37. The topological polar surface area (TPSA) is 73.3 Å². The van der Waals surface area contributed by atoms with Gasteiger partial charge in [-0.25, -0.2) is 4.39 Å². The number of rotatable bonds is 5. The maximum Gasteiger partial charge on any atom is 0.124 e. The van der Waals surface area contributed by atoms with Crippen LogP contribution in [0.15, 0.2) is 30.5 Å². The van der Waals surface area contributed by atoms with Crippen molar-refractivity contribution in [2.75, 3.05) is 6.61 Å². The Morgan fingerprint density at radius 1 is 1.45 bits per heavy atom. The first-order valence-corrected chi connectivity index (χ1v) is 7.20. The van der Waals surface area contributed by atoms with Gasteiger partial charge in [0.2, 0.25) is 0 Å². The zero-order valence-electron chi connectivity index (χ0n) is 12.1. The first kappa shape index (κ1) is 14.7. The lowest BCUT2D eigenvalue weighted by atomic mass is 10.0. The molecular weight excluding hydrogens is 285 g/mol. The first-order valence-electron chi connectivity index (χ1n) is 7.20. The summed E-state index contributed by atoms with van der Waals surface area (Å²) in [5.41, 5.74) is 8.34. The minimum atomic E-state index is -0.320. The number of nitrogens with two attached hydrogens (primary N) is 1. The number of aliphatic hydroxyl groups is 1. The number of hydrogen-bond acceptors (Lipinski definition) is 4. The molecule has 6 heteroatoms. The molecule has 0 amide bonds. The van der Waals surface area contributed by atoms with Gasteiger partial charge in [-0.1, -0.05) is 0 Å². The Morgan fingerprint density at radius 3 is 3.09 bits per heavy atom. The highest BCUT2D eigenvalue weighted by molar-refractivity contribution is 5.53. The highest BCUT2D eigenvalue weighted by Crippen LogP contribution is 2.25. The quantitative estimate of drug-likeness (QED) is 0.878. The molecule has 1 atom stereocenters. The second kappa shape index (κ2) is 6.29. The lowest BCUT2D eigenvalue weighted by Gasteiger charge is -2.21. The summed E-state index contributed by atoms with van der Waals surface area (Å²) in [5.74, 6) is 0.282. The number of aromatic nitrogens is 2. The molecule has 3 rings (SSSR count). The molecule has 0 saturated carbocycles. The fraction of sp³-hybridized carbons (Fsp3) is 0.312. The van der Waals surface area contributed by atoms with E-state index in [4.69, 9.17) is 15.6 Å². The minimum absolute atomic E-state index is 0.0529. The van der Waals surface area contributed by atoms with Crippen molar-refractivity contribution in [2.45, 2.75) is 25.6 Å². The smallest absolute Gasteiger partial charge is 0.124 e. The third kappa shape index (κ3) is 2.88. The zero-order valence-corrected chi connectivity index (χ0v) is 12.1. The van der Waals surface area contributed by atoms with Crippen LogP contribution in [0.25, 0.3) is 6.08 Å². The van der Waals surface area contributed by atoms with Crippen molar-refractivity contribution in [3.05, 3.63) is 53.1 Å². The lowest BCUT2D eigenvalue weighted by molar-refractivity contribution is 0.245. The molecule has 0 radical (unpaired) electrons. The number of halogens is 1. The van der Waals surface area contributed by atoms with Crippen LogP contribution in [0.3, 0.4) is 0 Å². The molecule has 1 aromatic heterocycles. The number of aliphatic hydroxyl groups excluding tert-OH is 1. The Bertz CT molecular complexity index is 697. The van der Waals surface area contributed by atoms with E-state index in [0.29, 0.717) is 24.3 Å². The molecule has 1 aliphatic rings. The van der Waals surface area contributed by atoms with E-state index in [2.05, 4.69) is 5.10 Å². The van der Waals surface area contributed by atoms with Crippen LogP contribution in [0.1, 0.15) is 16.8 Å². The van der Waals surface area contributed by atoms with Crippen LogP contribution in [0.2, 0.25) is 0 Å². The van der Waals surface area contributed by atoms with Crippen LogP contribution in [-0.2, 0) is 19.5 Å². The normalized spacial score (nSPS) is 16.6. The van der Waals surface area contributed by atoms with Gasteiger partial charge in [0.1, 0.15) is 17.7 Å². The number of hydrogen-bond donors (Lipinski definition) is 2. The van der Waals surface area contributed by atoms with Crippen molar-refractivity contribution in [2.24, 2.45) is 5.73 Å². The van der Waals surface area contributed by atoms with Crippen molar-refractivity contribution < 1.29 is 14.2 Å². The van der Waals surface area contributed by atoms with Gasteiger partial charge in [-0.3, -0.25) is 4.68 Å². The van der Waals surface area contributed by atoms with Crippen LogP contribution >= 0.6 is 0 Å². The second-order valence-electron chi connectivity index (χ2n) is 5.18. The fourth-order valence-electron chi connectivity index (χ4n) is 2.61. The zero-order chi connectivity index (χ0) is 15.5. The van der Waals surface area contributed by atoms with Crippen molar-refractivity contribution >= 4 is 6.08 Å². The van der Waals surface area contributed by atoms with Crippen molar-refractivity contribution in [1.82, 2.24) is 9.78 Å². The molecule has 0 spiro atoms. The van der Waals surface area contributed by atoms with Crippen molar-refractivity contribution in [1.29, 1.82) is 0 Å². The summed E-state index contributed by atoms with van der Waals surface area (Å²) in [5, 5.41) is 13.3. The second-order valence-corrected chi connectivity index (χ2v) is 5.18. The monoisotopic (exact) mass is 303 g/mol. The summed E-state index contributed by atoms with van der Waals surface area (Å²) in [6.07, 6.45) is 6.22. The summed E-state index contributed by atoms with van der Waals surface area (Å²) < 4.78 is 20.9. The van der Waals surface area contributed by atoms with Crippen LogP contribution in [0.5, 0.6) is 5.75 Å². The fourth-order valence-corrected chi connectivity index (χ4v) is 2.61. The molecule has 5 nitrogen and oxygen atoms in total. The summed E-state index contributed by atoms with van der Waals surface area (Å²) >= 11 is 0. The molecule has 22 heavy (non-hydrogen) atoms. The molecule has 2 aromatic rings. The van der Waals surface area contributed by atoms with Gasteiger partial charge in [0, 0.05) is 24.1 Å². The van der Waals surface area contributed by atoms with Gasteiger partial charge in [-0.15, -0.1) is 0 Å². The predicted octanol–water partition coefficient (Wildman–Crippen LogP) is 1.49. The largest absolute Gasteiger partial charge is 0.486 e. The molecule has 1 unspecified atom stereocenters. The van der Waals surface area contributed by atoms with Gasteiger partial charge in [0.25, 0.3) is 0 Å². The Morgan fingerprint density at radius 2 is 2.32 bits per heavy atom. The Balaban J connectivity index is 1.77. The predicted molar refractivity (Wildman–Crippen MR) is 80.8 cm³/mol. The molecule has 1 heterocycles. The molecule has 1 aliphatic carbocycles. The minimum Gasteiger partial charge on any atom is -0.486 e. The lowest BCUT2D eigenvalue weighted by Crippen LogP contribution is -2.21. The van der Waals surface area contributed by atoms with E-state index in [-0.39, 0.29) is 25.1 Å². The molecular formula is C16H18FN3O2. The van der Waals surface area contributed by atoms with E-state index in [1.165, 1.54) is 12.1 Å². The standard InChI is InChI=1S/C16H18FN3O2/c17-13-1-4-16(11(7-13)9-18)22-14-2-3-15-12(8-14)10-19-20(15)5-6-21/h1-4,7,10,14,21H,5-6,8-9,18H2. The van der Waals surface area contributed by atoms with E-state index in [1.807, 2.05) is 12.2 Å². The van der Waals surface area contributed by atoms with E-state index in [9.17, 15) is 4.39 Å². The number of ether oxygens (including phenoxy) is 1. The third-order valence-electron chi connectivity index (χ3n) is 3.68. The number of fused-ring (bicyclic) bond motifs is 1. The van der Waals surface area contributed by atoms with Gasteiger partial charge >= 0.3 is 0 Å². The van der Waals surface area contributed by atoms with E-state index < -0.39 is 0 Å². The summed E-state index contributed by atoms with van der Waals surface area (Å²) in [4.78, 5) is 0. The van der Waals surface area contributed by atoms with Crippen molar-refractivity contribution in [3.8, 4) is 5.75 Å². The van der Waals surface area contributed by atoms with Crippen molar-refractivity contribution in [3.63, 3.8) is 0 Å². The summed E-state index contributed by atoms with van der Waals surface area (Å²) in [7, 11) is 0. The molecule has 0 saturated heterocycles. The van der Waals surface area contributed by atoms with Gasteiger partial charge in [-0.2, -0.15) is 5.10 Å². The third-order valence-corrected chi connectivity index (χ3v) is 3.68. The molecule has 0 aliphatic heterocycles.